The number of nitrogens with zero attached hydrogens (tertiary/aromatic N) is 1. The van der Waals surface area contributed by atoms with Crippen LogP contribution in [0.25, 0.3) is 0 Å². The largest absolute Gasteiger partial charge is 0.373 e. The van der Waals surface area contributed by atoms with Crippen molar-refractivity contribution >= 4 is 5.91 Å². The fraction of sp³-hybridized carbons (Fsp3) is 0.588. The lowest BCUT2D eigenvalue weighted by Gasteiger charge is -2.41. The number of benzene rings is 1. The van der Waals surface area contributed by atoms with Gasteiger partial charge in [0.15, 0.2) is 0 Å². The van der Waals surface area contributed by atoms with Crippen LogP contribution in [0.5, 0.6) is 0 Å². The molecule has 1 aromatic rings. The van der Waals surface area contributed by atoms with E-state index >= 15 is 0 Å². The van der Waals surface area contributed by atoms with Crippen molar-refractivity contribution in [3.63, 3.8) is 0 Å². The van der Waals surface area contributed by atoms with Crippen LogP contribution in [0, 0.1) is 5.41 Å². The van der Waals surface area contributed by atoms with Crippen molar-refractivity contribution < 1.29 is 9.53 Å². The number of hydrogen-bond acceptors (Lipinski definition) is 2. The number of amides is 1. The number of rotatable bonds is 4. The van der Waals surface area contributed by atoms with Crippen molar-refractivity contribution in [2.24, 2.45) is 5.41 Å². The summed E-state index contributed by atoms with van der Waals surface area (Å²) in [6.45, 7) is 1.67. The summed E-state index contributed by atoms with van der Waals surface area (Å²) in [7, 11) is 0. The van der Waals surface area contributed by atoms with E-state index in [1.807, 2.05) is 18.2 Å². The minimum atomic E-state index is 0.0932. The Kier molecular flexibility index (Phi) is 2.84. The second kappa shape index (κ2) is 4.59. The molecule has 1 saturated heterocycles. The molecule has 3 heteroatoms. The first-order chi connectivity index (χ1) is 9.77. The van der Waals surface area contributed by atoms with Gasteiger partial charge < -0.3 is 9.64 Å². The Morgan fingerprint density at radius 3 is 2.55 bits per heavy atom. The van der Waals surface area contributed by atoms with E-state index in [1.165, 1.54) is 5.56 Å². The number of carbonyl (C=O) groups is 1. The molecule has 2 saturated carbocycles. The van der Waals surface area contributed by atoms with Gasteiger partial charge >= 0.3 is 0 Å². The first-order valence-corrected chi connectivity index (χ1v) is 7.73. The van der Waals surface area contributed by atoms with Gasteiger partial charge in [-0.15, -0.1) is 0 Å². The van der Waals surface area contributed by atoms with Gasteiger partial charge in [-0.2, -0.15) is 0 Å². The minimum Gasteiger partial charge on any atom is -0.373 e. The molecule has 1 heterocycles. The van der Waals surface area contributed by atoms with Gasteiger partial charge in [-0.3, -0.25) is 4.79 Å². The van der Waals surface area contributed by atoms with E-state index in [-0.39, 0.29) is 5.41 Å². The van der Waals surface area contributed by atoms with Crippen LogP contribution in [-0.2, 0) is 16.1 Å². The zero-order valence-electron chi connectivity index (χ0n) is 11.8. The van der Waals surface area contributed by atoms with Gasteiger partial charge in [-0.25, -0.2) is 0 Å². The molecule has 20 heavy (non-hydrogen) atoms. The molecule has 4 rings (SSSR count). The highest BCUT2D eigenvalue weighted by Crippen LogP contribution is 2.55. The van der Waals surface area contributed by atoms with Crippen LogP contribution >= 0.6 is 0 Å². The minimum absolute atomic E-state index is 0.0932. The van der Waals surface area contributed by atoms with Gasteiger partial charge in [-0.1, -0.05) is 30.3 Å². The van der Waals surface area contributed by atoms with Crippen LogP contribution in [0.15, 0.2) is 30.3 Å². The van der Waals surface area contributed by atoms with Crippen molar-refractivity contribution in [1.29, 1.82) is 0 Å². The second-order valence-corrected chi connectivity index (χ2v) is 6.57. The average molecular weight is 271 g/mol. The van der Waals surface area contributed by atoms with Crippen molar-refractivity contribution in [2.75, 3.05) is 6.54 Å². The number of likely N-dealkylation sites (tertiary alicyclic amines) is 1. The van der Waals surface area contributed by atoms with Gasteiger partial charge in [0.1, 0.15) is 0 Å². The van der Waals surface area contributed by atoms with E-state index in [2.05, 4.69) is 17.0 Å². The third kappa shape index (κ3) is 2.05. The Labute approximate surface area is 119 Å². The average Bonchev–Trinajstić information content (AvgIpc) is 3.15. The Morgan fingerprint density at radius 2 is 1.90 bits per heavy atom. The molecular formula is C17H21NO2. The van der Waals surface area contributed by atoms with Crippen LogP contribution in [0.3, 0.4) is 0 Å². The molecule has 0 N–H and O–H groups in total. The standard InChI is InChI=1S/C17H21NO2/c19-16-17(6-7-17)8-9-18(16)14-10-15(11-14)20-12-13-4-2-1-3-5-13/h1-5,14-15H,6-12H2. The highest BCUT2D eigenvalue weighted by Gasteiger charge is 2.57. The molecule has 3 aliphatic rings. The summed E-state index contributed by atoms with van der Waals surface area (Å²) in [6.07, 6.45) is 5.73. The summed E-state index contributed by atoms with van der Waals surface area (Å²) >= 11 is 0. The van der Waals surface area contributed by atoms with Crippen LogP contribution in [0.1, 0.15) is 37.7 Å². The lowest BCUT2D eigenvalue weighted by Crippen LogP contribution is -2.49. The quantitative estimate of drug-likeness (QED) is 0.842. The van der Waals surface area contributed by atoms with Gasteiger partial charge in [0.05, 0.1) is 18.1 Å². The van der Waals surface area contributed by atoms with Gasteiger partial charge in [0.2, 0.25) is 5.91 Å². The molecule has 0 bridgehead atoms. The molecule has 3 nitrogen and oxygen atoms in total. The van der Waals surface area contributed by atoms with Crippen molar-refractivity contribution in [3.05, 3.63) is 35.9 Å². The zero-order valence-corrected chi connectivity index (χ0v) is 11.8. The fourth-order valence-electron chi connectivity index (χ4n) is 3.53. The van der Waals surface area contributed by atoms with E-state index in [1.54, 1.807) is 0 Å². The summed E-state index contributed by atoms with van der Waals surface area (Å²) in [5.74, 6) is 0.434. The van der Waals surface area contributed by atoms with Crippen molar-refractivity contribution in [2.45, 2.75) is 50.9 Å². The third-order valence-corrected chi connectivity index (χ3v) is 5.24. The van der Waals surface area contributed by atoms with Gasteiger partial charge in [-0.05, 0) is 37.7 Å². The maximum absolute atomic E-state index is 12.3. The molecule has 3 fully saturated rings. The molecule has 1 amide bonds. The predicted molar refractivity (Wildman–Crippen MR) is 76.0 cm³/mol. The summed E-state index contributed by atoms with van der Waals surface area (Å²) in [5, 5.41) is 0. The van der Waals surface area contributed by atoms with Crippen molar-refractivity contribution in [1.82, 2.24) is 4.90 Å². The maximum atomic E-state index is 12.3. The lowest BCUT2D eigenvalue weighted by molar-refractivity contribution is -0.139. The summed E-state index contributed by atoms with van der Waals surface area (Å²) < 4.78 is 5.92. The molecular weight excluding hydrogens is 250 g/mol. The highest BCUT2D eigenvalue weighted by molar-refractivity contribution is 5.87. The summed E-state index contributed by atoms with van der Waals surface area (Å²) in [6, 6.07) is 10.7. The number of ether oxygens (including phenoxy) is 1. The molecule has 1 aliphatic heterocycles. The molecule has 0 radical (unpaired) electrons. The number of carbonyl (C=O) groups excluding carboxylic acids is 1. The van der Waals surface area contributed by atoms with Crippen LogP contribution in [0.4, 0.5) is 0 Å². The normalized spacial score (nSPS) is 30.6. The molecule has 0 atom stereocenters. The van der Waals surface area contributed by atoms with Gasteiger partial charge in [0.25, 0.3) is 0 Å². The summed E-state index contributed by atoms with van der Waals surface area (Å²) in [4.78, 5) is 14.4. The molecule has 1 aromatic carbocycles. The Hall–Kier alpha value is -1.35. The zero-order chi connectivity index (χ0) is 13.6. The van der Waals surface area contributed by atoms with E-state index in [0.29, 0.717) is 24.7 Å². The fourth-order valence-corrected chi connectivity index (χ4v) is 3.53. The highest BCUT2D eigenvalue weighted by atomic mass is 16.5. The van der Waals surface area contributed by atoms with Crippen LogP contribution in [0.2, 0.25) is 0 Å². The monoisotopic (exact) mass is 271 g/mol. The van der Waals surface area contributed by atoms with E-state index in [9.17, 15) is 4.79 Å². The molecule has 2 aliphatic carbocycles. The van der Waals surface area contributed by atoms with Crippen LogP contribution in [-0.4, -0.2) is 29.5 Å². The van der Waals surface area contributed by atoms with E-state index < -0.39 is 0 Å². The Bertz CT molecular complexity index is 503. The van der Waals surface area contributed by atoms with Crippen LogP contribution < -0.4 is 0 Å². The molecule has 106 valence electrons. The van der Waals surface area contributed by atoms with E-state index in [0.717, 1.165) is 38.6 Å². The Morgan fingerprint density at radius 1 is 1.15 bits per heavy atom. The summed E-state index contributed by atoms with van der Waals surface area (Å²) in [5.41, 5.74) is 1.32. The maximum Gasteiger partial charge on any atom is 0.229 e. The molecule has 0 unspecified atom stereocenters. The Balaban J connectivity index is 1.25. The van der Waals surface area contributed by atoms with E-state index in [4.69, 9.17) is 4.74 Å². The first-order valence-electron chi connectivity index (χ1n) is 7.73. The topological polar surface area (TPSA) is 29.5 Å². The SMILES string of the molecule is O=C1N(C2CC(OCc3ccccc3)C2)CCC12CC2. The van der Waals surface area contributed by atoms with Gasteiger partial charge in [0, 0.05) is 12.6 Å². The van der Waals surface area contributed by atoms with Crippen molar-refractivity contribution in [3.8, 4) is 0 Å². The molecule has 0 aromatic heterocycles. The predicted octanol–water partition coefficient (Wildman–Crippen LogP) is 2.75. The lowest BCUT2D eigenvalue weighted by atomic mass is 9.88. The number of hydrogen-bond donors (Lipinski definition) is 0. The molecule has 1 spiro atoms. The third-order valence-electron chi connectivity index (χ3n) is 5.24. The second-order valence-electron chi connectivity index (χ2n) is 6.57. The smallest absolute Gasteiger partial charge is 0.229 e. The first kappa shape index (κ1) is 12.4.